The highest BCUT2D eigenvalue weighted by molar-refractivity contribution is 5.70. The van der Waals surface area contributed by atoms with Gasteiger partial charge in [0.1, 0.15) is 6.61 Å². The van der Waals surface area contributed by atoms with E-state index in [9.17, 15) is 4.79 Å². The number of nitrogens with zero attached hydrogens (tertiary/aromatic N) is 1. The minimum atomic E-state index is -0.266. The van der Waals surface area contributed by atoms with E-state index in [1.807, 2.05) is 0 Å². The molecule has 18 heavy (non-hydrogen) atoms. The van der Waals surface area contributed by atoms with Crippen molar-refractivity contribution in [2.24, 2.45) is 5.92 Å². The van der Waals surface area contributed by atoms with Crippen LogP contribution in [0.25, 0.3) is 0 Å². The van der Waals surface area contributed by atoms with E-state index in [1.165, 1.54) is 19.3 Å². The molecule has 1 aliphatic rings. The third-order valence-corrected chi connectivity index (χ3v) is 3.11. The molecule has 0 amide bonds. The first kappa shape index (κ1) is 15.4. The van der Waals surface area contributed by atoms with Crippen molar-refractivity contribution in [2.45, 2.75) is 46.1 Å². The zero-order valence-electron chi connectivity index (χ0n) is 12.0. The predicted molar refractivity (Wildman–Crippen MR) is 71.5 cm³/mol. The zero-order chi connectivity index (χ0) is 13.4. The second-order valence-electron chi connectivity index (χ2n) is 5.31. The molecule has 0 bridgehead atoms. The molecule has 0 atom stereocenters. The maximum absolute atomic E-state index is 11.1. The van der Waals surface area contributed by atoms with Crippen LogP contribution >= 0.6 is 0 Å². The third kappa shape index (κ3) is 6.97. The van der Waals surface area contributed by atoms with Gasteiger partial charge in [-0.1, -0.05) is 13.8 Å². The molecule has 0 aliphatic heterocycles. The van der Waals surface area contributed by atoms with E-state index in [-0.39, 0.29) is 12.6 Å². The maximum atomic E-state index is 11.1. The predicted octanol–water partition coefficient (Wildman–Crippen LogP) is 2.08. The Labute approximate surface area is 111 Å². The Morgan fingerprint density at radius 1 is 1.33 bits per heavy atom. The van der Waals surface area contributed by atoms with Crippen LogP contribution < -0.4 is 0 Å². The number of carbonyl (C=O) groups excluding carboxylic acids is 1. The van der Waals surface area contributed by atoms with Gasteiger partial charge in [-0.05, 0) is 38.6 Å². The first-order valence-electron chi connectivity index (χ1n) is 7.11. The topological polar surface area (TPSA) is 38.8 Å². The van der Waals surface area contributed by atoms with Crippen LogP contribution in [0, 0.1) is 5.92 Å². The SMILES string of the molecule is CCOC(=O)COCCN(CCC(C)C)C1CC1. The van der Waals surface area contributed by atoms with Gasteiger partial charge in [-0.15, -0.1) is 0 Å². The Balaban J connectivity index is 2.08. The summed E-state index contributed by atoms with van der Waals surface area (Å²) in [5.41, 5.74) is 0. The number of esters is 1. The van der Waals surface area contributed by atoms with Crippen LogP contribution in [-0.4, -0.2) is 49.8 Å². The fraction of sp³-hybridized carbons (Fsp3) is 0.929. The molecule has 0 radical (unpaired) electrons. The summed E-state index contributed by atoms with van der Waals surface area (Å²) in [5, 5.41) is 0. The molecule has 0 unspecified atom stereocenters. The average Bonchev–Trinajstić information content (AvgIpc) is 3.12. The summed E-state index contributed by atoms with van der Waals surface area (Å²) in [6.07, 6.45) is 3.86. The molecule has 0 aromatic heterocycles. The highest BCUT2D eigenvalue weighted by Gasteiger charge is 2.28. The molecule has 4 nitrogen and oxygen atoms in total. The van der Waals surface area contributed by atoms with Gasteiger partial charge in [0.25, 0.3) is 0 Å². The van der Waals surface area contributed by atoms with Crippen molar-refractivity contribution in [1.82, 2.24) is 4.90 Å². The van der Waals surface area contributed by atoms with Gasteiger partial charge in [0.2, 0.25) is 0 Å². The molecule has 1 fully saturated rings. The van der Waals surface area contributed by atoms with Gasteiger partial charge >= 0.3 is 5.97 Å². The van der Waals surface area contributed by atoms with Gasteiger partial charge in [-0.25, -0.2) is 4.79 Å². The lowest BCUT2D eigenvalue weighted by Crippen LogP contribution is -2.32. The van der Waals surface area contributed by atoms with Gasteiger partial charge in [-0.2, -0.15) is 0 Å². The third-order valence-electron chi connectivity index (χ3n) is 3.11. The molecule has 0 N–H and O–H groups in total. The van der Waals surface area contributed by atoms with Crippen LogP contribution in [0.4, 0.5) is 0 Å². The molecule has 0 spiro atoms. The number of hydrogen-bond donors (Lipinski definition) is 0. The van der Waals surface area contributed by atoms with Gasteiger partial charge in [0.05, 0.1) is 13.2 Å². The number of carbonyl (C=O) groups is 1. The largest absolute Gasteiger partial charge is 0.464 e. The van der Waals surface area contributed by atoms with E-state index in [0.717, 1.165) is 25.0 Å². The minimum Gasteiger partial charge on any atom is -0.464 e. The Kier molecular flexibility index (Phi) is 7.28. The lowest BCUT2D eigenvalue weighted by Gasteiger charge is -2.22. The first-order valence-corrected chi connectivity index (χ1v) is 7.11. The standard InChI is InChI=1S/C14H27NO3/c1-4-18-14(16)11-17-10-9-15(13-5-6-13)8-7-12(2)3/h12-13H,4-11H2,1-3H3. The zero-order valence-corrected chi connectivity index (χ0v) is 12.0. The van der Waals surface area contributed by atoms with Crippen LogP contribution in [0.1, 0.15) is 40.0 Å². The summed E-state index contributed by atoms with van der Waals surface area (Å²) < 4.78 is 10.2. The minimum absolute atomic E-state index is 0.0799. The van der Waals surface area contributed by atoms with E-state index >= 15 is 0 Å². The lowest BCUT2D eigenvalue weighted by molar-refractivity contribution is -0.148. The summed E-state index contributed by atoms with van der Waals surface area (Å²) in [4.78, 5) is 13.6. The van der Waals surface area contributed by atoms with E-state index in [4.69, 9.17) is 9.47 Å². The molecule has 1 saturated carbocycles. The van der Waals surface area contributed by atoms with Crippen molar-refractivity contribution in [3.05, 3.63) is 0 Å². The van der Waals surface area contributed by atoms with Crippen LogP contribution in [0.5, 0.6) is 0 Å². The van der Waals surface area contributed by atoms with Crippen molar-refractivity contribution >= 4 is 5.97 Å². The fourth-order valence-corrected chi connectivity index (χ4v) is 1.88. The summed E-state index contributed by atoms with van der Waals surface area (Å²) >= 11 is 0. The highest BCUT2D eigenvalue weighted by atomic mass is 16.6. The second-order valence-corrected chi connectivity index (χ2v) is 5.31. The molecule has 0 aromatic rings. The van der Waals surface area contributed by atoms with Gasteiger partial charge < -0.3 is 9.47 Å². The Hall–Kier alpha value is -0.610. The van der Waals surface area contributed by atoms with E-state index in [2.05, 4.69) is 18.7 Å². The number of rotatable bonds is 10. The smallest absolute Gasteiger partial charge is 0.332 e. The van der Waals surface area contributed by atoms with Crippen LogP contribution in [0.3, 0.4) is 0 Å². The summed E-state index contributed by atoms with van der Waals surface area (Å²) in [6.45, 7) is 9.50. The number of hydrogen-bond acceptors (Lipinski definition) is 4. The Morgan fingerprint density at radius 3 is 2.61 bits per heavy atom. The summed E-state index contributed by atoms with van der Waals surface area (Å²) in [7, 11) is 0. The highest BCUT2D eigenvalue weighted by Crippen LogP contribution is 2.27. The van der Waals surface area contributed by atoms with Crippen LogP contribution in [0.15, 0.2) is 0 Å². The Bertz CT molecular complexity index is 239. The van der Waals surface area contributed by atoms with Crippen LogP contribution in [0.2, 0.25) is 0 Å². The van der Waals surface area contributed by atoms with Crippen molar-refractivity contribution < 1.29 is 14.3 Å². The van der Waals surface area contributed by atoms with Gasteiger partial charge in [0.15, 0.2) is 0 Å². The molecule has 0 heterocycles. The van der Waals surface area contributed by atoms with Crippen molar-refractivity contribution in [2.75, 3.05) is 32.9 Å². The quantitative estimate of drug-likeness (QED) is 0.444. The van der Waals surface area contributed by atoms with E-state index < -0.39 is 0 Å². The second kappa shape index (κ2) is 8.48. The molecule has 1 aliphatic carbocycles. The van der Waals surface area contributed by atoms with E-state index in [1.54, 1.807) is 6.92 Å². The first-order chi connectivity index (χ1) is 8.63. The molecule has 0 saturated heterocycles. The average molecular weight is 257 g/mol. The van der Waals surface area contributed by atoms with Crippen molar-refractivity contribution in [3.63, 3.8) is 0 Å². The molecule has 1 rings (SSSR count). The fourth-order valence-electron chi connectivity index (χ4n) is 1.88. The molecule has 106 valence electrons. The number of ether oxygens (including phenoxy) is 2. The molecular weight excluding hydrogens is 230 g/mol. The Morgan fingerprint density at radius 2 is 2.06 bits per heavy atom. The maximum Gasteiger partial charge on any atom is 0.332 e. The molecular formula is C14H27NO3. The molecule has 0 aromatic carbocycles. The van der Waals surface area contributed by atoms with Gasteiger partial charge in [0, 0.05) is 12.6 Å². The molecule has 4 heteroatoms. The monoisotopic (exact) mass is 257 g/mol. The van der Waals surface area contributed by atoms with Crippen molar-refractivity contribution in [3.8, 4) is 0 Å². The lowest BCUT2D eigenvalue weighted by atomic mass is 10.1. The van der Waals surface area contributed by atoms with Crippen LogP contribution in [-0.2, 0) is 14.3 Å². The normalized spacial score (nSPS) is 15.4. The van der Waals surface area contributed by atoms with E-state index in [0.29, 0.717) is 13.2 Å². The summed E-state index contributed by atoms with van der Waals surface area (Å²) in [5.74, 6) is 0.476. The van der Waals surface area contributed by atoms with Crippen molar-refractivity contribution in [1.29, 1.82) is 0 Å². The van der Waals surface area contributed by atoms with Gasteiger partial charge in [-0.3, -0.25) is 4.90 Å². The summed E-state index contributed by atoms with van der Waals surface area (Å²) in [6, 6.07) is 0.759.